The van der Waals surface area contributed by atoms with Crippen LogP contribution in [0.25, 0.3) is 17.1 Å². The third-order valence-corrected chi connectivity index (χ3v) is 7.55. The van der Waals surface area contributed by atoms with Crippen LogP contribution in [0, 0.1) is 12.8 Å². The first kappa shape index (κ1) is 25.5. The summed E-state index contributed by atoms with van der Waals surface area (Å²) in [6.07, 6.45) is 1.23. The number of aromatic nitrogens is 3. The highest BCUT2D eigenvalue weighted by Gasteiger charge is 2.28. The summed E-state index contributed by atoms with van der Waals surface area (Å²) in [5, 5.41) is 10.3. The van der Waals surface area contributed by atoms with E-state index in [2.05, 4.69) is 10.2 Å². The summed E-state index contributed by atoms with van der Waals surface area (Å²) >= 11 is 13.8. The predicted octanol–water partition coefficient (Wildman–Crippen LogP) is 5.44. The Balaban J connectivity index is 1.52. The Kier molecular flexibility index (Phi) is 8.36. The molecule has 1 aliphatic rings. The van der Waals surface area contributed by atoms with Gasteiger partial charge in [-0.15, -0.1) is 10.2 Å². The van der Waals surface area contributed by atoms with E-state index in [1.165, 1.54) is 11.8 Å². The zero-order valence-corrected chi connectivity index (χ0v) is 21.9. The summed E-state index contributed by atoms with van der Waals surface area (Å²) in [5.74, 6) is 0.539. The molecule has 0 bridgehead atoms. The summed E-state index contributed by atoms with van der Waals surface area (Å²) in [4.78, 5) is 26.7. The monoisotopic (exact) mass is 532 g/mol. The van der Waals surface area contributed by atoms with Crippen molar-refractivity contribution in [2.75, 3.05) is 25.4 Å². The zero-order chi connectivity index (χ0) is 24.9. The minimum Gasteiger partial charge on any atom is -0.466 e. The molecule has 7 nitrogen and oxygen atoms in total. The van der Waals surface area contributed by atoms with Crippen molar-refractivity contribution in [3.05, 3.63) is 58.1 Å². The van der Waals surface area contributed by atoms with E-state index in [0.717, 1.165) is 16.8 Å². The molecule has 0 unspecified atom stereocenters. The van der Waals surface area contributed by atoms with Crippen LogP contribution in [-0.4, -0.2) is 57.0 Å². The van der Waals surface area contributed by atoms with Crippen molar-refractivity contribution in [3.63, 3.8) is 0 Å². The van der Waals surface area contributed by atoms with Gasteiger partial charge >= 0.3 is 5.97 Å². The van der Waals surface area contributed by atoms with Crippen LogP contribution >= 0.6 is 35.0 Å². The van der Waals surface area contributed by atoms with Crippen molar-refractivity contribution in [1.82, 2.24) is 19.7 Å². The predicted molar refractivity (Wildman–Crippen MR) is 138 cm³/mol. The molecule has 4 rings (SSSR count). The van der Waals surface area contributed by atoms with Crippen LogP contribution < -0.4 is 0 Å². The number of aryl methyl sites for hydroxylation is 1. The number of carbonyl (C=O) groups excluding carboxylic acids is 2. The van der Waals surface area contributed by atoms with E-state index in [1.54, 1.807) is 24.0 Å². The topological polar surface area (TPSA) is 77.3 Å². The van der Waals surface area contributed by atoms with Gasteiger partial charge < -0.3 is 9.64 Å². The van der Waals surface area contributed by atoms with Gasteiger partial charge in [0.1, 0.15) is 0 Å². The Morgan fingerprint density at radius 1 is 1.06 bits per heavy atom. The molecular formula is C25H26Cl2N4O3S. The van der Waals surface area contributed by atoms with Crippen molar-refractivity contribution >= 4 is 46.8 Å². The second kappa shape index (κ2) is 11.5. The molecule has 0 aliphatic carbocycles. The maximum absolute atomic E-state index is 12.9. The average molecular weight is 533 g/mol. The summed E-state index contributed by atoms with van der Waals surface area (Å²) in [5.41, 5.74) is 2.79. The SMILES string of the molecule is CCOC(=O)C1CCN(C(=O)CSc2nnc(-c3ccc(C)cc3)n2-c2ccc(Cl)c(Cl)c2)CC1. The van der Waals surface area contributed by atoms with E-state index in [4.69, 9.17) is 27.9 Å². The van der Waals surface area contributed by atoms with Crippen molar-refractivity contribution in [2.24, 2.45) is 5.92 Å². The number of piperidine rings is 1. The van der Waals surface area contributed by atoms with Crippen molar-refractivity contribution in [3.8, 4) is 17.1 Å². The van der Waals surface area contributed by atoms with Crippen molar-refractivity contribution in [2.45, 2.75) is 31.8 Å². The number of halogens is 2. The molecule has 10 heteroatoms. The Bertz CT molecular complexity index is 1210. The Hall–Kier alpha value is -2.55. The van der Waals surface area contributed by atoms with E-state index in [9.17, 15) is 9.59 Å². The largest absolute Gasteiger partial charge is 0.466 e. The van der Waals surface area contributed by atoms with Crippen LogP contribution in [0.15, 0.2) is 47.6 Å². The van der Waals surface area contributed by atoms with Gasteiger partial charge in [0.15, 0.2) is 11.0 Å². The first-order valence-electron chi connectivity index (χ1n) is 11.4. The summed E-state index contributed by atoms with van der Waals surface area (Å²) < 4.78 is 7.00. The highest BCUT2D eigenvalue weighted by molar-refractivity contribution is 7.99. The number of thioether (sulfide) groups is 1. The Morgan fingerprint density at radius 3 is 2.43 bits per heavy atom. The highest BCUT2D eigenvalue weighted by atomic mass is 35.5. The van der Waals surface area contributed by atoms with Gasteiger partial charge in [-0.25, -0.2) is 0 Å². The van der Waals surface area contributed by atoms with Gasteiger partial charge in [0.05, 0.1) is 34.0 Å². The lowest BCUT2D eigenvalue weighted by molar-refractivity contribution is -0.151. The minimum absolute atomic E-state index is 0.00196. The molecule has 1 amide bonds. The first-order valence-corrected chi connectivity index (χ1v) is 13.2. The fourth-order valence-corrected chi connectivity index (χ4v) is 5.10. The number of hydrogen-bond donors (Lipinski definition) is 0. The van der Waals surface area contributed by atoms with Crippen LogP contribution in [0.5, 0.6) is 0 Å². The van der Waals surface area contributed by atoms with Gasteiger partial charge in [0.2, 0.25) is 5.91 Å². The van der Waals surface area contributed by atoms with Crippen molar-refractivity contribution in [1.29, 1.82) is 0 Å². The molecule has 184 valence electrons. The number of likely N-dealkylation sites (tertiary alicyclic amines) is 1. The maximum Gasteiger partial charge on any atom is 0.309 e. The number of carbonyl (C=O) groups is 2. The number of rotatable bonds is 7. The lowest BCUT2D eigenvalue weighted by Gasteiger charge is -2.30. The standard InChI is InChI=1S/C25H26Cl2N4O3S/c1-3-34-24(33)18-10-12-30(13-11-18)22(32)15-35-25-29-28-23(17-6-4-16(2)5-7-17)31(25)19-8-9-20(26)21(27)14-19/h4-9,14,18H,3,10-13,15H2,1-2H3. The fourth-order valence-electron chi connectivity index (χ4n) is 3.95. The van der Waals surface area contributed by atoms with Gasteiger partial charge in [0.25, 0.3) is 0 Å². The normalized spacial score (nSPS) is 14.2. The van der Waals surface area contributed by atoms with Crippen LogP contribution in [0.4, 0.5) is 0 Å². The summed E-state index contributed by atoms with van der Waals surface area (Å²) in [7, 11) is 0. The molecule has 3 aromatic rings. The van der Waals surface area contributed by atoms with E-state index in [0.29, 0.717) is 53.6 Å². The summed E-state index contributed by atoms with van der Waals surface area (Å²) in [6, 6.07) is 13.3. The van der Waals surface area contributed by atoms with Gasteiger partial charge in [-0.1, -0.05) is 64.8 Å². The molecule has 1 fully saturated rings. The van der Waals surface area contributed by atoms with Crippen LogP contribution in [0.1, 0.15) is 25.3 Å². The molecule has 0 N–H and O–H groups in total. The molecule has 0 radical (unpaired) electrons. The number of nitrogens with zero attached hydrogens (tertiary/aromatic N) is 4. The molecule has 2 heterocycles. The number of hydrogen-bond acceptors (Lipinski definition) is 6. The van der Waals surface area contributed by atoms with Gasteiger partial charge in [-0.2, -0.15) is 0 Å². The lowest BCUT2D eigenvalue weighted by Crippen LogP contribution is -2.41. The van der Waals surface area contributed by atoms with Crippen molar-refractivity contribution < 1.29 is 14.3 Å². The molecular weight excluding hydrogens is 507 g/mol. The second-order valence-electron chi connectivity index (χ2n) is 8.30. The second-order valence-corrected chi connectivity index (χ2v) is 10.1. The number of benzene rings is 2. The van der Waals surface area contributed by atoms with Gasteiger partial charge in [-0.05, 0) is 44.9 Å². The summed E-state index contributed by atoms with van der Waals surface area (Å²) in [6.45, 7) is 5.28. The molecule has 0 saturated carbocycles. The smallest absolute Gasteiger partial charge is 0.309 e. The lowest BCUT2D eigenvalue weighted by atomic mass is 9.97. The first-order chi connectivity index (χ1) is 16.9. The average Bonchev–Trinajstić information content (AvgIpc) is 3.29. The minimum atomic E-state index is -0.174. The quantitative estimate of drug-likeness (QED) is 0.297. The van der Waals surface area contributed by atoms with E-state index in [-0.39, 0.29) is 23.5 Å². The van der Waals surface area contributed by atoms with Crippen LogP contribution in [0.2, 0.25) is 10.0 Å². The maximum atomic E-state index is 12.9. The number of esters is 1. The number of amides is 1. The van der Waals surface area contributed by atoms with Gasteiger partial charge in [0, 0.05) is 18.7 Å². The molecule has 0 spiro atoms. The Morgan fingerprint density at radius 2 is 1.77 bits per heavy atom. The third-order valence-electron chi connectivity index (χ3n) is 5.90. The van der Waals surface area contributed by atoms with Crippen LogP contribution in [0.3, 0.4) is 0 Å². The van der Waals surface area contributed by atoms with E-state index >= 15 is 0 Å². The van der Waals surface area contributed by atoms with E-state index < -0.39 is 0 Å². The highest BCUT2D eigenvalue weighted by Crippen LogP contribution is 2.32. The number of ether oxygens (including phenoxy) is 1. The molecule has 1 aliphatic heterocycles. The molecule has 0 atom stereocenters. The molecule has 1 aromatic heterocycles. The third kappa shape index (κ3) is 6.00. The Labute approximate surface area is 218 Å². The van der Waals surface area contributed by atoms with E-state index in [1.807, 2.05) is 41.8 Å². The van der Waals surface area contributed by atoms with Crippen LogP contribution in [-0.2, 0) is 14.3 Å². The fraction of sp³-hybridized carbons (Fsp3) is 0.360. The van der Waals surface area contributed by atoms with Gasteiger partial charge in [-0.3, -0.25) is 14.2 Å². The molecule has 2 aromatic carbocycles. The zero-order valence-electron chi connectivity index (χ0n) is 19.5. The molecule has 35 heavy (non-hydrogen) atoms. The molecule has 1 saturated heterocycles.